The summed E-state index contributed by atoms with van der Waals surface area (Å²) in [6.45, 7) is 0.793. The number of hydrogen-bond donors (Lipinski definition) is 2. The van der Waals surface area contributed by atoms with Crippen LogP contribution in [0.2, 0.25) is 0 Å². The van der Waals surface area contributed by atoms with Gasteiger partial charge in [0.15, 0.2) is 0 Å². The first-order chi connectivity index (χ1) is 17.1. The van der Waals surface area contributed by atoms with Crippen LogP contribution in [0.5, 0.6) is 5.75 Å². The average molecular weight is 463 g/mol. The van der Waals surface area contributed by atoms with Crippen LogP contribution in [0.25, 0.3) is 27.7 Å². The number of fused-ring (bicyclic) bond motifs is 1. The number of rotatable bonds is 8. The summed E-state index contributed by atoms with van der Waals surface area (Å²) in [5, 5.41) is 10.4. The summed E-state index contributed by atoms with van der Waals surface area (Å²) in [4.78, 5) is 11.3. The fraction of sp³-hybridized carbons (Fsp3) is 0.100. The number of carbonyl (C=O) groups is 1. The predicted octanol–water partition coefficient (Wildman–Crippen LogP) is 5.96. The first-order valence-corrected chi connectivity index (χ1v) is 11.5. The molecular weight excluding hydrogens is 436 g/mol. The second kappa shape index (κ2) is 9.87. The molecule has 0 saturated heterocycles. The summed E-state index contributed by atoms with van der Waals surface area (Å²) >= 11 is 0. The van der Waals surface area contributed by atoms with E-state index in [2.05, 4.69) is 53.2 Å². The quantitative estimate of drug-likeness (QED) is 0.298. The zero-order valence-electron chi connectivity index (χ0n) is 19.2. The van der Waals surface area contributed by atoms with Crippen molar-refractivity contribution in [3.8, 4) is 22.6 Å². The van der Waals surface area contributed by atoms with Gasteiger partial charge in [-0.15, -0.1) is 0 Å². The molecule has 0 aliphatic rings. The van der Waals surface area contributed by atoms with Gasteiger partial charge in [-0.3, -0.25) is 4.79 Å². The molecule has 1 heterocycles. The molecule has 5 nitrogen and oxygen atoms in total. The first kappa shape index (κ1) is 22.4. The van der Waals surface area contributed by atoms with E-state index in [9.17, 15) is 9.90 Å². The van der Waals surface area contributed by atoms with Gasteiger partial charge in [-0.05, 0) is 64.7 Å². The molecule has 35 heavy (non-hydrogen) atoms. The summed E-state index contributed by atoms with van der Waals surface area (Å²) in [6, 6.07) is 32.2. The fourth-order valence-corrected chi connectivity index (χ4v) is 4.42. The van der Waals surface area contributed by atoms with Crippen LogP contribution in [-0.2, 0) is 24.4 Å². The average Bonchev–Trinajstić information content (AvgIpc) is 3.32. The van der Waals surface area contributed by atoms with Gasteiger partial charge >= 0.3 is 5.97 Å². The third-order valence-electron chi connectivity index (χ3n) is 6.08. The Labute approximate surface area is 204 Å². The zero-order chi connectivity index (χ0) is 24.2. The molecule has 5 heteroatoms. The number of carboxylic acid groups (broad SMARTS) is 1. The molecule has 1 aromatic heterocycles. The van der Waals surface area contributed by atoms with Crippen LogP contribution in [0.3, 0.4) is 0 Å². The van der Waals surface area contributed by atoms with Crippen LogP contribution in [0, 0.1) is 0 Å². The molecule has 0 atom stereocenters. The van der Waals surface area contributed by atoms with E-state index in [0.717, 1.165) is 38.8 Å². The monoisotopic (exact) mass is 462 g/mol. The molecule has 0 aliphatic carbocycles. The SMILES string of the molecule is NCc1cccc(-c2cc(COc3ccccc3CC(=O)O)cc3c2ccn3-c2ccccc2)c1. The van der Waals surface area contributed by atoms with Gasteiger partial charge in [0.25, 0.3) is 0 Å². The van der Waals surface area contributed by atoms with Gasteiger partial charge < -0.3 is 20.1 Å². The maximum absolute atomic E-state index is 11.3. The Balaban J connectivity index is 1.59. The second-order valence-electron chi connectivity index (χ2n) is 8.47. The van der Waals surface area contributed by atoms with Crippen molar-refractivity contribution in [2.45, 2.75) is 19.6 Å². The van der Waals surface area contributed by atoms with Gasteiger partial charge in [0.05, 0.1) is 11.9 Å². The Morgan fingerprint density at radius 2 is 1.66 bits per heavy atom. The van der Waals surface area contributed by atoms with Crippen LogP contribution in [0.4, 0.5) is 0 Å². The molecule has 0 saturated carbocycles. The Kier molecular flexibility index (Phi) is 6.33. The van der Waals surface area contributed by atoms with Gasteiger partial charge in [-0.1, -0.05) is 54.6 Å². The number of aliphatic carboxylic acids is 1. The molecule has 0 fully saturated rings. The van der Waals surface area contributed by atoms with E-state index in [0.29, 0.717) is 24.5 Å². The van der Waals surface area contributed by atoms with E-state index in [4.69, 9.17) is 10.5 Å². The topological polar surface area (TPSA) is 77.5 Å². The molecule has 4 aromatic carbocycles. The van der Waals surface area contributed by atoms with E-state index < -0.39 is 5.97 Å². The van der Waals surface area contributed by atoms with Gasteiger partial charge in [0.1, 0.15) is 12.4 Å². The lowest BCUT2D eigenvalue weighted by Gasteiger charge is -2.14. The third kappa shape index (κ3) is 4.81. The fourth-order valence-electron chi connectivity index (χ4n) is 4.42. The van der Waals surface area contributed by atoms with Crippen molar-refractivity contribution >= 4 is 16.9 Å². The maximum atomic E-state index is 11.3. The van der Waals surface area contributed by atoms with E-state index >= 15 is 0 Å². The number of carboxylic acids is 1. The zero-order valence-corrected chi connectivity index (χ0v) is 19.2. The highest BCUT2D eigenvalue weighted by Gasteiger charge is 2.13. The van der Waals surface area contributed by atoms with Crippen molar-refractivity contribution in [2.75, 3.05) is 0 Å². The van der Waals surface area contributed by atoms with Crippen molar-refractivity contribution in [1.29, 1.82) is 0 Å². The summed E-state index contributed by atoms with van der Waals surface area (Å²) in [5.74, 6) is -0.301. The lowest BCUT2D eigenvalue weighted by molar-refractivity contribution is -0.136. The van der Waals surface area contributed by atoms with Crippen molar-refractivity contribution in [3.05, 3.63) is 120 Å². The largest absolute Gasteiger partial charge is 0.489 e. The molecule has 5 rings (SSSR count). The number of para-hydroxylation sites is 2. The smallest absolute Gasteiger partial charge is 0.307 e. The Bertz CT molecular complexity index is 1490. The van der Waals surface area contributed by atoms with E-state index in [-0.39, 0.29) is 6.42 Å². The molecule has 174 valence electrons. The Morgan fingerprint density at radius 3 is 2.46 bits per heavy atom. The number of nitrogens with two attached hydrogens (primary N) is 1. The predicted molar refractivity (Wildman–Crippen MR) is 139 cm³/mol. The standard InChI is InChI=1S/C30H26N2O3/c31-19-21-7-6-9-23(15-21)27-16-22(20-35-29-12-5-4-8-24(29)18-30(33)34)17-28-26(27)13-14-32(28)25-10-2-1-3-11-25/h1-17H,18-20,31H2,(H,33,34). The normalized spacial score (nSPS) is 11.0. The number of aromatic nitrogens is 1. The van der Waals surface area contributed by atoms with Crippen LogP contribution in [0.1, 0.15) is 16.7 Å². The second-order valence-corrected chi connectivity index (χ2v) is 8.47. The minimum atomic E-state index is -0.884. The first-order valence-electron chi connectivity index (χ1n) is 11.5. The molecule has 0 radical (unpaired) electrons. The summed E-state index contributed by atoms with van der Waals surface area (Å²) < 4.78 is 8.31. The van der Waals surface area contributed by atoms with Crippen molar-refractivity contribution in [3.63, 3.8) is 0 Å². The minimum Gasteiger partial charge on any atom is -0.489 e. The highest BCUT2D eigenvalue weighted by molar-refractivity contribution is 5.97. The Morgan fingerprint density at radius 1 is 0.857 bits per heavy atom. The highest BCUT2D eigenvalue weighted by atomic mass is 16.5. The van der Waals surface area contributed by atoms with Crippen molar-refractivity contribution in [1.82, 2.24) is 4.57 Å². The lowest BCUT2D eigenvalue weighted by atomic mass is 9.97. The molecule has 0 aliphatic heterocycles. The highest BCUT2D eigenvalue weighted by Crippen LogP contribution is 2.33. The molecule has 0 spiro atoms. The molecular formula is C30H26N2O3. The van der Waals surface area contributed by atoms with Gasteiger partial charge in [0, 0.05) is 29.4 Å². The van der Waals surface area contributed by atoms with Gasteiger partial charge in [0.2, 0.25) is 0 Å². The van der Waals surface area contributed by atoms with E-state index in [1.165, 1.54) is 0 Å². The maximum Gasteiger partial charge on any atom is 0.307 e. The van der Waals surface area contributed by atoms with Crippen molar-refractivity contribution < 1.29 is 14.6 Å². The number of ether oxygens (including phenoxy) is 1. The Hall–Kier alpha value is -4.35. The van der Waals surface area contributed by atoms with Gasteiger partial charge in [-0.25, -0.2) is 0 Å². The van der Waals surface area contributed by atoms with Crippen LogP contribution < -0.4 is 10.5 Å². The number of hydrogen-bond acceptors (Lipinski definition) is 3. The van der Waals surface area contributed by atoms with Crippen LogP contribution >= 0.6 is 0 Å². The molecule has 3 N–H and O–H groups in total. The minimum absolute atomic E-state index is 0.0802. The third-order valence-corrected chi connectivity index (χ3v) is 6.08. The summed E-state index contributed by atoms with van der Waals surface area (Å²) in [6.07, 6.45) is 2.01. The molecule has 0 amide bonds. The summed E-state index contributed by atoms with van der Waals surface area (Å²) in [5.41, 5.74) is 13.0. The van der Waals surface area contributed by atoms with Crippen LogP contribution in [0.15, 0.2) is 103 Å². The number of benzene rings is 4. The molecule has 0 bridgehead atoms. The lowest BCUT2D eigenvalue weighted by Crippen LogP contribution is -2.04. The van der Waals surface area contributed by atoms with E-state index in [1.807, 2.05) is 48.5 Å². The van der Waals surface area contributed by atoms with Gasteiger partial charge in [-0.2, -0.15) is 0 Å². The van der Waals surface area contributed by atoms with E-state index in [1.54, 1.807) is 6.07 Å². The number of nitrogens with zero attached hydrogens (tertiary/aromatic N) is 1. The summed E-state index contributed by atoms with van der Waals surface area (Å²) in [7, 11) is 0. The molecule has 5 aromatic rings. The van der Waals surface area contributed by atoms with Crippen molar-refractivity contribution in [2.24, 2.45) is 5.73 Å². The van der Waals surface area contributed by atoms with Crippen LogP contribution in [-0.4, -0.2) is 15.6 Å². The molecule has 0 unspecified atom stereocenters.